The fourth-order valence-corrected chi connectivity index (χ4v) is 5.54. The Morgan fingerprint density at radius 2 is 1.69 bits per heavy atom. The molecule has 0 spiro atoms. The first-order valence-electron chi connectivity index (χ1n) is 10.1. The standard InChI is InChI=1S/C22H17N3O6S/c26-16(17-2-1-9-32-17)11-23(20(27)12-5-7-15(8-6-12)25(30)31)24-21(28)18-13-3-4-14(10-13)19(18)22(24)29/h1-9,13-14,18-19H,10-11H2/t13-,14-,18-,19+/m0/s1. The summed E-state index contributed by atoms with van der Waals surface area (Å²) in [6.45, 7) is -0.490. The Hall–Kier alpha value is -3.66. The predicted molar refractivity (Wildman–Crippen MR) is 112 cm³/mol. The molecule has 162 valence electrons. The lowest BCUT2D eigenvalue weighted by Crippen LogP contribution is -2.52. The van der Waals surface area contributed by atoms with E-state index >= 15 is 0 Å². The van der Waals surface area contributed by atoms with Crippen molar-refractivity contribution in [2.45, 2.75) is 6.42 Å². The number of non-ortho nitro benzene ring substituents is 1. The number of imide groups is 1. The topological polar surface area (TPSA) is 118 Å². The number of hydrazine groups is 1. The van der Waals surface area contributed by atoms with E-state index in [1.54, 1.807) is 17.5 Å². The average Bonchev–Trinajstić information content (AvgIpc) is 3.57. The van der Waals surface area contributed by atoms with Gasteiger partial charge < -0.3 is 0 Å². The molecule has 3 amide bonds. The molecule has 0 radical (unpaired) electrons. The zero-order valence-corrected chi connectivity index (χ0v) is 17.4. The monoisotopic (exact) mass is 451 g/mol. The minimum Gasteiger partial charge on any atom is -0.291 e. The first kappa shape index (κ1) is 20.3. The number of allylic oxidation sites excluding steroid dienone is 2. The average molecular weight is 451 g/mol. The highest BCUT2D eigenvalue weighted by molar-refractivity contribution is 7.12. The van der Waals surface area contributed by atoms with E-state index in [0.29, 0.717) is 4.88 Å². The van der Waals surface area contributed by atoms with Crippen molar-refractivity contribution in [2.24, 2.45) is 23.7 Å². The maximum absolute atomic E-state index is 13.4. The number of hydrogen-bond acceptors (Lipinski definition) is 7. The second kappa shape index (κ2) is 7.49. The summed E-state index contributed by atoms with van der Waals surface area (Å²) in [7, 11) is 0. The van der Waals surface area contributed by atoms with Crippen LogP contribution in [0.3, 0.4) is 0 Å². The van der Waals surface area contributed by atoms with Gasteiger partial charge in [0.2, 0.25) is 0 Å². The summed E-state index contributed by atoms with van der Waals surface area (Å²) in [5.41, 5.74) is -0.165. The SMILES string of the molecule is O=C(CN(C(=O)c1ccc([N+](=O)[O-])cc1)N1C(=O)[C@@H]2[C@H](C1=O)[C@H]1C=C[C@H]2C1)c1cccs1. The van der Waals surface area contributed by atoms with E-state index in [-0.39, 0.29) is 23.1 Å². The van der Waals surface area contributed by atoms with Gasteiger partial charge in [-0.25, -0.2) is 5.01 Å². The molecule has 1 saturated heterocycles. The number of hydrogen-bond donors (Lipinski definition) is 0. The van der Waals surface area contributed by atoms with Crippen LogP contribution in [0.1, 0.15) is 26.5 Å². The van der Waals surface area contributed by atoms with Crippen molar-refractivity contribution in [2.75, 3.05) is 6.54 Å². The summed E-state index contributed by atoms with van der Waals surface area (Å²) in [6.07, 6.45) is 4.63. The van der Waals surface area contributed by atoms with E-state index in [9.17, 15) is 29.3 Å². The first-order chi connectivity index (χ1) is 15.4. The molecule has 9 nitrogen and oxygen atoms in total. The van der Waals surface area contributed by atoms with E-state index in [2.05, 4.69) is 0 Å². The van der Waals surface area contributed by atoms with Crippen molar-refractivity contribution in [3.8, 4) is 0 Å². The van der Waals surface area contributed by atoms with E-state index < -0.39 is 46.8 Å². The number of nitro benzene ring substituents is 1. The van der Waals surface area contributed by atoms with Gasteiger partial charge in [0.25, 0.3) is 23.4 Å². The molecular weight excluding hydrogens is 434 g/mol. The van der Waals surface area contributed by atoms with Gasteiger partial charge in [-0.05, 0) is 41.8 Å². The third-order valence-electron chi connectivity index (χ3n) is 6.34. The number of ketones is 1. The second-order valence-electron chi connectivity index (χ2n) is 8.06. The van der Waals surface area contributed by atoms with Crippen molar-refractivity contribution in [1.29, 1.82) is 0 Å². The number of fused-ring (bicyclic) bond motifs is 5. The highest BCUT2D eigenvalue weighted by atomic mass is 32.1. The van der Waals surface area contributed by atoms with Crippen LogP contribution in [0.2, 0.25) is 0 Å². The second-order valence-corrected chi connectivity index (χ2v) is 9.00. The lowest BCUT2D eigenvalue weighted by molar-refractivity contribution is -0.384. The van der Waals surface area contributed by atoms with Crippen molar-refractivity contribution in [1.82, 2.24) is 10.0 Å². The molecule has 0 unspecified atom stereocenters. The molecule has 2 heterocycles. The van der Waals surface area contributed by atoms with Crippen LogP contribution >= 0.6 is 11.3 Å². The molecular formula is C22H17N3O6S. The third kappa shape index (κ3) is 3.06. The van der Waals surface area contributed by atoms with Gasteiger partial charge in [-0.3, -0.25) is 29.3 Å². The Balaban J connectivity index is 1.49. The molecule has 1 aromatic heterocycles. The van der Waals surface area contributed by atoms with Gasteiger partial charge in [0.15, 0.2) is 5.78 Å². The fraction of sp³-hybridized carbons (Fsp3) is 0.273. The number of benzene rings is 1. The highest BCUT2D eigenvalue weighted by Gasteiger charge is 2.61. The molecule has 3 aliphatic rings. The molecule has 2 bridgehead atoms. The Morgan fingerprint density at radius 3 is 2.22 bits per heavy atom. The van der Waals surface area contributed by atoms with Crippen molar-refractivity contribution < 1.29 is 24.1 Å². The van der Waals surface area contributed by atoms with Gasteiger partial charge in [0.05, 0.1) is 21.6 Å². The lowest BCUT2D eigenvalue weighted by Gasteiger charge is -2.30. The molecule has 0 N–H and O–H groups in total. The first-order valence-corrected chi connectivity index (χ1v) is 10.9. The number of carbonyl (C=O) groups excluding carboxylic acids is 4. The number of nitro groups is 1. The summed E-state index contributed by atoms with van der Waals surface area (Å²) in [5, 5.41) is 14.4. The minimum absolute atomic E-state index is 0.0355. The van der Waals surface area contributed by atoms with Gasteiger partial charge in [-0.1, -0.05) is 18.2 Å². The van der Waals surface area contributed by atoms with Crippen LogP contribution in [-0.2, 0) is 9.59 Å². The quantitative estimate of drug-likeness (QED) is 0.219. The smallest absolute Gasteiger partial charge is 0.273 e. The molecule has 2 fully saturated rings. The Kier molecular flexibility index (Phi) is 4.74. The van der Waals surface area contributed by atoms with Crippen LogP contribution in [0.5, 0.6) is 0 Å². The lowest BCUT2D eigenvalue weighted by atomic mass is 9.85. The van der Waals surface area contributed by atoms with E-state index in [4.69, 9.17) is 0 Å². The van der Waals surface area contributed by atoms with Crippen LogP contribution in [0, 0.1) is 33.8 Å². The molecule has 5 rings (SSSR count). The van der Waals surface area contributed by atoms with Crippen LogP contribution in [0.15, 0.2) is 53.9 Å². The number of Topliss-reactive ketones (excluding diaryl/α,β-unsaturated/α-hetero) is 1. The van der Waals surface area contributed by atoms with Crippen LogP contribution < -0.4 is 0 Å². The summed E-state index contributed by atoms with van der Waals surface area (Å²) < 4.78 is 0. The minimum atomic E-state index is -0.744. The zero-order chi connectivity index (χ0) is 22.6. The van der Waals surface area contributed by atoms with E-state index in [0.717, 1.165) is 16.4 Å². The van der Waals surface area contributed by atoms with Crippen molar-refractivity contribution in [3.05, 3.63) is 74.5 Å². The van der Waals surface area contributed by atoms with Gasteiger partial charge in [0, 0.05) is 17.7 Å². The van der Waals surface area contributed by atoms with Gasteiger partial charge in [-0.15, -0.1) is 11.3 Å². The third-order valence-corrected chi connectivity index (χ3v) is 7.25. The van der Waals surface area contributed by atoms with Gasteiger partial charge in [-0.2, -0.15) is 5.01 Å². The van der Waals surface area contributed by atoms with Crippen molar-refractivity contribution >= 4 is 40.5 Å². The Labute approximate surface area is 186 Å². The predicted octanol–water partition coefficient (Wildman–Crippen LogP) is 2.70. The molecule has 10 heteroatoms. The molecule has 4 atom stereocenters. The number of carbonyl (C=O) groups is 4. The largest absolute Gasteiger partial charge is 0.291 e. The molecule has 1 aliphatic heterocycles. The molecule has 1 aromatic carbocycles. The van der Waals surface area contributed by atoms with Crippen LogP contribution in [0.25, 0.3) is 0 Å². The highest BCUT2D eigenvalue weighted by Crippen LogP contribution is 2.52. The number of amides is 3. The number of rotatable bonds is 6. The molecule has 2 aromatic rings. The normalized spacial score (nSPS) is 25.3. The number of thiophene rings is 1. The maximum Gasteiger partial charge on any atom is 0.273 e. The Bertz CT molecular complexity index is 1140. The van der Waals surface area contributed by atoms with Crippen molar-refractivity contribution in [3.63, 3.8) is 0 Å². The van der Waals surface area contributed by atoms with E-state index in [1.165, 1.54) is 35.6 Å². The summed E-state index contributed by atoms with van der Waals surface area (Å²) in [5.74, 6) is -3.26. The van der Waals surface area contributed by atoms with Gasteiger partial charge >= 0.3 is 0 Å². The van der Waals surface area contributed by atoms with Crippen LogP contribution in [0.4, 0.5) is 5.69 Å². The van der Waals surface area contributed by atoms with Crippen LogP contribution in [-0.4, -0.2) is 45.0 Å². The van der Waals surface area contributed by atoms with E-state index in [1.807, 2.05) is 12.2 Å². The summed E-state index contributed by atoms with van der Waals surface area (Å²) in [6, 6.07) is 8.13. The zero-order valence-electron chi connectivity index (χ0n) is 16.6. The van der Waals surface area contributed by atoms with Gasteiger partial charge in [0.1, 0.15) is 6.54 Å². The summed E-state index contributed by atoms with van der Waals surface area (Å²) >= 11 is 1.20. The molecule has 32 heavy (non-hydrogen) atoms. The summed E-state index contributed by atoms with van der Waals surface area (Å²) in [4.78, 5) is 63.4. The number of nitrogens with zero attached hydrogens (tertiary/aromatic N) is 3. The Morgan fingerprint density at radius 1 is 1.06 bits per heavy atom. The molecule has 2 aliphatic carbocycles. The molecule has 1 saturated carbocycles. The maximum atomic E-state index is 13.4. The fourth-order valence-electron chi connectivity index (χ4n) is 4.88.